The van der Waals surface area contributed by atoms with Crippen LogP contribution in [-0.2, 0) is 0 Å². The molecule has 10 heavy (non-hydrogen) atoms. The van der Waals surface area contributed by atoms with Gasteiger partial charge in [0, 0.05) is 0 Å². The van der Waals surface area contributed by atoms with Crippen LogP contribution in [0.5, 0.6) is 0 Å². The van der Waals surface area contributed by atoms with Gasteiger partial charge in [-0.05, 0) is 0 Å². The summed E-state index contributed by atoms with van der Waals surface area (Å²) in [5.41, 5.74) is 0. The molecule has 7 heteroatoms. The van der Waals surface area contributed by atoms with Crippen LogP contribution in [0.2, 0.25) is 0 Å². The molecule has 0 aliphatic heterocycles. The fourth-order valence-electron chi connectivity index (χ4n) is 0.104. The van der Waals surface area contributed by atoms with Crippen LogP contribution in [0.4, 0.5) is 21.6 Å². The molecule has 0 spiro atoms. The molecular weight excluding hydrogens is 194 g/mol. The molecule has 0 saturated carbocycles. The first-order valence-corrected chi connectivity index (χ1v) is 6.46. The average Bonchev–Trinajstić information content (AvgIpc) is 1.62. The summed E-state index contributed by atoms with van der Waals surface area (Å²) in [6.07, 6.45) is -5.65. The first-order chi connectivity index (χ1) is 4.09. The molecule has 0 N–H and O–H groups in total. The van der Waals surface area contributed by atoms with E-state index in [-0.39, 0.29) is 6.66 Å². The van der Waals surface area contributed by atoms with Gasteiger partial charge in [0.2, 0.25) is 0 Å². The zero-order valence-electron chi connectivity index (χ0n) is 5.25. The van der Waals surface area contributed by atoms with Crippen molar-refractivity contribution in [2.24, 2.45) is 0 Å². The van der Waals surface area contributed by atoms with E-state index in [0.29, 0.717) is 0 Å². The van der Waals surface area contributed by atoms with Gasteiger partial charge in [-0.1, -0.05) is 0 Å². The van der Waals surface area contributed by atoms with Crippen molar-refractivity contribution in [3.63, 3.8) is 0 Å². The molecule has 0 unspecified atom stereocenters. The van der Waals surface area contributed by atoms with E-state index in [2.05, 4.69) is 0 Å². The van der Waals surface area contributed by atoms with Crippen molar-refractivity contribution in [1.29, 1.82) is 0 Å². The van der Waals surface area contributed by atoms with E-state index in [1.807, 2.05) is 0 Å². The summed E-state index contributed by atoms with van der Waals surface area (Å²) >= 11 is -0.391. The second-order valence-corrected chi connectivity index (χ2v) is 8.71. The van der Waals surface area contributed by atoms with Crippen LogP contribution in [0, 0.1) is 0 Å². The van der Waals surface area contributed by atoms with Gasteiger partial charge in [-0.2, -0.15) is 0 Å². The molecule has 0 heterocycles. The van der Waals surface area contributed by atoms with Crippen molar-refractivity contribution in [2.75, 3.05) is 12.9 Å². The second kappa shape index (κ2) is 2.21. The van der Waals surface area contributed by atoms with Crippen molar-refractivity contribution >= 4 is 17.8 Å². The molecule has 0 saturated heterocycles. The zero-order valence-corrected chi connectivity index (χ0v) is 6.96. The van der Waals surface area contributed by atoms with E-state index in [1.165, 1.54) is 0 Å². The summed E-state index contributed by atoms with van der Waals surface area (Å²) in [7, 11) is 0. The summed E-state index contributed by atoms with van der Waals surface area (Å²) in [4.78, 5) is 0. The topological polar surface area (TPSA) is 0 Å². The van der Waals surface area contributed by atoms with Gasteiger partial charge in [0.1, 0.15) is 0 Å². The molecule has 0 rings (SSSR count). The Morgan fingerprint density at radius 1 is 1.20 bits per heavy atom. The van der Waals surface area contributed by atoms with Crippen molar-refractivity contribution < 1.29 is 21.6 Å². The van der Waals surface area contributed by atoms with E-state index < -0.39 is 23.7 Å². The maximum atomic E-state index is 12.3. The minimum absolute atomic E-state index is 0.0176. The first-order valence-electron chi connectivity index (χ1n) is 2.17. The molecule has 64 valence electrons. The van der Waals surface area contributed by atoms with Gasteiger partial charge in [0.25, 0.3) is 0 Å². The minimum atomic E-state index is -6.42. The van der Waals surface area contributed by atoms with Crippen LogP contribution >= 0.6 is 17.8 Å². The fraction of sp³-hybridized carbons (Fsp3) is 1.00. The van der Waals surface area contributed by atoms with Crippen molar-refractivity contribution in [2.45, 2.75) is 5.92 Å². The normalized spacial score (nSPS) is 18.1. The fourth-order valence-corrected chi connectivity index (χ4v) is 0.932. The number of halogens is 5. The van der Waals surface area contributed by atoms with Gasteiger partial charge < -0.3 is 0 Å². The first kappa shape index (κ1) is 10.4. The number of hydrogen-bond acceptors (Lipinski definition) is 1. The maximum absolute atomic E-state index is 12.3. The molecule has 0 fully saturated rings. The van der Waals surface area contributed by atoms with Crippen LogP contribution in [0.15, 0.2) is 0 Å². The molecule has 0 nitrogen and oxygen atoms in total. The molecule has 0 aromatic carbocycles. The summed E-state index contributed by atoms with van der Waals surface area (Å²) in [6, 6.07) is 0. The molecule has 0 atom stereocenters. The predicted octanol–water partition coefficient (Wildman–Crippen LogP) is 3.74. The van der Waals surface area contributed by atoms with Gasteiger partial charge in [-0.15, -0.1) is 0 Å². The second-order valence-electron chi connectivity index (χ2n) is 1.86. The summed E-state index contributed by atoms with van der Waals surface area (Å²) in [5.74, 6) is -5.36. The van der Waals surface area contributed by atoms with Crippen molar-refractivity contribution in [3.05, 3.63) is 0 Å². The third-order valence-electron chi connectivity index (χ3n) is 0.961. The van der Waals surface area contributed by atoms with Crippen LogP contribution in [0.1, 0.15) is 0 Å². The molecule has 0 aromatic heterocycles. The SMILES string of the molecule is CSP(C)(F)(F)C(F)(F)F. The van der Waals surface area contributed by atoms with Gasteiger partial charge in [-0.25, -0.2) is 0 Å². The standard InChI is InChI=1S/C3H6F5PS/c1-9(7,8,10-2)3(4,5)6/h1-2H3. The quantitative estimate of drug-likeness (QED) is 0.459. The van der Waals surface area contributed by atoms with Crippen molar-refractivity contribution in [3.8, 4) is 0 Å². The Kier molecular flexibility index (Phi) is 2.30. The van der Waals surface area contributed by atoms with Crippen LogP contribution in [-0.4, -0.2) is 18.8 Å². The van der Waals surface area contributed by atoms with E-state index in [4.69, 9.17) is 0 Å². The van der Waals surface area contributed by atoms with E-state index >= 15 is 0 Å². The average molecular weight is 200 g/mol. The Hall–Kier alpha value is 0.430. The molecule has 0 amide bonds. The zero-order chi connectivity index (χ0) is 8.65. The van der Waals surface area contributed by atoms with Gasteiger partial charge in [0.15, 0.2) is 0 Å². The van der Waals surface area contributed by atoms with Gasteiger partial charge >= 0.3 is 58.2 Å². The summed E-state index contributed by atoms with van der Waals surface area (Å²) in [5, 5.41) is 0. The van der Waals surface area contributed by atoms with Gasteiger partial charge in [-0.3, -0.25) is 0 Å². The predicted molar refractivity (Wildman–Crippen MR) is 34.6 cm³/mol. The number of rotatable bonds is 1. The van der Waals surface area contributed by atoms with E-state index in [1.54, 1.807) is 0 Å². The van der Waals surface area contributed by atoms with E-state index in [9.17, 15) is 21.6 Å². The van der Waals surface area contributed by atoms with Crippen molar-refractivity contribution in [1.82, 2.24) is 0 Å². The Bertz CT molecular complexity index is 132. The molecule has 0 aromatic rings. The molecule has 0 bridgehead atoms. The number of hydrogen-bond donors (Lipinski definition) is 0. The third-order valence-corrected chi connectivity index (χ3v) is 5.97. The number of alkyl halides is 3. The van der Waals surface area contributed by atoms with Crippen LogP contribution in [0.25, 0.3) is 0 Å². The molecule has 0 aliphatic rings. The molecular formula is C3H6F5PS. The Balaban J connectivity index is 4.70. The monoisotopic (exact) mass is 200 g/mol. The summed E-state index contributed by atoms with van der Waals surface area (Å²) < 4.78 is 59.1. The van der Waals surface area contributed by atoms with Gasteiger partial charge in [0.05, 0.1) is 0 Å². The van der Waals surface area contributed by atoms with E-state index in [0.717, 1.165) is 6.26 Å². The van der Waals surface area contributed by atoms with Crippen LogP contribution < -0.4 is 0 Å². The Morgan fingerprint density at radius 2 is 1.50 bits per heavy atom. The molecule has 0 aliphatic carbocycles. The molecule has 0 radical (unpaired) electrons. The third kappa shape index (κ3) is 1.72. The summed E-state index contributed by atoms with van der Waals surface area (Å²) in [6.45, 7) is -0.0176. The van der Waals surface area contributed by atoms with Crippen LogP contribution in [0.3, 0.4) is 0 Å². The Labute approximate surface area is 59.1 Å². The Morgan fingerprint density at radius 3 is 1.50 bits per heavy atom.